The molecule has 0 N–H and O–H groups in total. The molecule has 0 amide bonds. The Morgan fingerprint density at radius 3 is 2.86 bits per heavy atom. The molecule has 1 saturated heterocycles. The molecule has 1 fully saturated rings. The van der Waals surface area contributed by atoms with Crippen molar-refractivity contribution in [3.8, 4) is 0 Å². The average molecular weight is 282 g/mol. The summed E-state index contributed by atoms with van der Waals surface area (Å²) < 4.78 is 11.4. The van der Waals surface area contributed by atoms with Crippen LogP contribution in [0.2, 0.25) is 0 Å². The van der Waals surface area contributed by atoms with E-state index in [2.05, 4.69) is 43.4 Å². The van der Waals surface area contributed by atoms with Gasteiger partial charge in [0.25, 0.3) is 0 Å². The van der Waals surface area contributed by atoms with Gasteiger partial charge in [-0.05, 0) is 22.6 Å². The maximum Gasteiger partial charge on any atom is 0.0721 e. The van der Waals surface area contributed by atoms with Crippen molar-refractivity contribution < 1.29 is 9.47 Å². The first kappa shape index (κ1) is 14.3. The van der Waals surface area contributed by atoms with Gasteiger partial charge >= 0.3 is 0 Å². The molecule has 1 aliphatic heterocycles. The number of hydrogen-bond acceptors (Lipinski definition) is 2. The van der Waals surface area contributed by atoms with Gasteiger partial charge in [0, 0.05) is 5.92 Å². The molecule has 0 bridgehead atoms. The minimum absolute atomic E-state index is 0.443. The van der Waals surface area contributed by atoms with Crippen molar-refractivity contribution in [3.63, 3.8) is 0 Å². The third-order valence-electron chi connectivity index (χ3n) is 3.92. The van der Waals surface area contributed by atoms with Gasteiger partial charge in [-0.25, -0.2) is 0 Å². The summed E-state index contributed by atoms with van der Waals surface area (Å²) in [6.07, 6.45) is 9.09. The minimum atomic E-state index is 0.443. The van der Waals surface area contributed by atoms with Crippen LogP contribution in [-0.2, 0) is 16.1 Å². The first-order chi connectivity index (χ1) is 10.3. The summed E-state index contributed by atoms with van der Waals surface area (Å²) in [6, 6.07) is 10.3. The summed E-state index contributed by atoms with van der Waals surface area (Å²) in [5.41, 5.74) is 3.84. The normalized spacial score (nSPS) is 31.3. The van der Waals surface area contributed by atoms with E-state index in [4.69, 9.17) is 9.47 Å². The number of allylic oxidation sites excluding steroid dienone is 2. The zero-order chi connectivity index (χ0) is 14.5. The maximum atomic E-state index is 5.87. The second kappa shape index (κ2) is 6.88. The second-order valence-electron chi connectivity index (χ2n) is 5.80. The van der Waals surface area contributed by atoms with Gasteiger partial charge in [0.15, 0.2) is 0 Å². The molecule has 0 saturated carbocycles. The molecule has 1 aromatic carbocycles. The maximum absolute atomic E-state index is 5.87. The molecule has 0 radical (unpaired) electrons. The highest BCUT2D eigenvalue weighted by Gasteiger charge is 2.20. The van der Waals surface area contributed by atoms with E-state index >= 15 is 0 Å². The fourth-order valence-electron chi connectivity index (χ4n) is 2.79. The van der Waals surface area contributed by atoms with Gasteiger partial charge in [-0.15, -0.1) is 0 Å². The SMILES string of the molecule is C[C@@H]1/C=C\[C@@H]2COC/C2=C/C(COCc2ccccc2)=C\1. The minimum Gasteiger partial charge on any atom is -0.376 e. The van der Waals surface area contributed by atoms with Gasteiger partial charge in [0.1, 0.15) is 0 Å². The van der Waals surface area contributed by atoms with Crippen LogP contribution in [0.3, 0.4) is 0 Å². The highest BCUT2D eigenvalue weighted by molar-refractivity contribution is 5.32. The van der Waals surface area contributed by atoms with Crippen LogP contribution in [0, 0.1) is 11.8 Å². The summed E-state index contributed by atoms with van der Waals surface area (Å²) in [7, 11) is 0. The Bertz CT molecular complexity index is 554. The smallest absolute Gasteiger partial charge is 0.0721 e. The number of ether oxygens (including phenoxy) is 2. The summed E-state index contributed by atoms with van der Waals surface area (Å²) in [6.45, 7) is 5.09. The molecule has 0 aromatic heterocycles. The molecule has 21 heavy (non-hydrogen) atoms. The van der Waals surface area contributed by atoms with Crippen LogP contribution < -0.4 is 0 Å². The molecule has 3 rings (SSSR count). The van der Waals surface area contributed by atoms with Gasteiger partial charge in [0.2, 0.25) is 0 Å². The average Bonchev–Trinajstić information content (AvgIpc) is 2.91. The Hall–Kier alpha value is -1.64. The molecule has 2 aliphatic rings. The van der Waals surface area contributed by atoms with E-state index in [0.717, 1.165) is 13.2 Å². The second-order valence-corrected chi connectivity index (χ2v) is 5.80. The molecule has 0 spiro atoms. The third kappa shape index (κ3) is 3.93. The zero-order valence-electron chi connectivity index (χ0n) is 12.5. The molecular formula is C19H22O2. The monoisotopic (exact) mass is 282 g/mol. The Labute approximate surface area is 126 Å². The molecule has 1 heterocycles. The molecule has 2 nitrogen and oxygen atoms in total. The lowest BCUT2D eigenvalue weighted by Gasteiger charge is -2.13. The molecule has 110 valence electrons. The molecule has 1 aliphatic carbocycles. The van der Waals surface area contributed by atoms with Gasteiger partial charge in [-0.2, -0.15) is 0 Å². The quantitative estimate of drug-likeness (QED) is 0.780. The zero-order valence-corrected chi connectivity index (χ0v) is 12.5. The van der Waals surface area contributed by atoms with Gasteiger partial charge in [-0.3, -0.25) is 0 Å². The highest BCUT2D eigenvalue weighted by Crippen LogP contribution is 2.26. The van der Waals surface area contributed by atoms with Gasteiger partial charge in [0.05, 0.1) is 26.4 Å². The van der Waals surface area contributed by atoms with E-state index in [1.807, 2.05) is 18.2 Å². The third-order valence-corrected chi connectivity index (χ3v) is 3.92. The number of fused-ring (bicyclic) bond motifs is 1. The van der Waals surface area contributed by atoms with E-state index in [9.17, 15) is 0 Å². The fraction of sp³-hybridized carbons (Fsp3) is 0.368. The molecular weight excluding hydrogens is 260 g/mol. The topological polar surface area (TPSA) is 18.5 Å². The van der Waals surface area contributed by atoms with Crippen LogP contribution in [-0.4, -0.2) is 19.8 Å². The first-order valence-corrected chi connectivity index (χ1v) is 7.60. The first-order valence-electron chi connectivity index (χ1n) is 7.60. The van der Waals surface area contributed by atoms with Crippen molar-refractivity contribution in [2.24, 2.45) is 11.8 Å². The molecule has 2 heteroatoms. The predicted octanol–water partition coefficient (Wildman–Crippen LogP) is 3.91. The lowest BCUT2D eigenvalue weighted by molar-refractivity contribution is 0.144. The lowest BCUT2D eigenvalue weighted by Crippen LogP contribution is -2.05. The van der Waals surface area contributed by atoms with Crippen molar-refractivity contribution >= 4 is 0 Å². The molecule has 2 atom stereocenters. The van der Waals surface area contributed by atoms with E-state index < -0.39 is 0 Å². The largest absolute Gasteiger partial charge is 0.376 e. The Balaban J connectivity index is 1.64. The Kier molecular flexibility index (Phi) is 4.69. The summed E-state index contributed by atoms with van der Waals surface area (Å²) in [4.78, 5) is 0. The van der Waals surface area contributed by atoms with Crippen LogP contribution in [0.4, 0.5) is 0 Å². The molecule has 0 unspecified atom stereocenters. The van der Waals surface area contributed by atoms with Crippen LogP contribution in [0.5, 0.6) is 0 Å². The van der Waals surface area contributed by atoms with E-state index in [-0.39, 0.29) is 0 Å². The van der Waals surface area contributed by atoms with Crippen molar-refractivity contribution in [2.75, 3.05) is 19.8 Å². The van der Waals surface area contributed by atoms with Gasteiger partial charge in [-0.1, -0.05) is 61.6 Å². The number of hydrogen-bond donors (Lipinski definition) is 0. The van der Waals surface area contributed by atoms with Crippen molar-refractivity contribution in [3.05, 3.63) is 71.3 Å². The summed E-state index contributed by atoms with van der Waals surface area (Å²) in [5, 5.41) is 0. The number of benzene rings is 1. The van der Waals surface area contributed by atoms with Crippen molar-refractivity contribution in [1.29, 1.82) is 0 Å². The lowest BCUT2D eigenvalue weighted by atomic mass is 9.94. The summed E-state index contributed by atoms with van der Waals surface area (Å²) >= 11 is 0. The van der Waals surface area contributed by atoms with Crippen LogP contribution in [0.1, 0.15) is 12.5 Å². The standard InChI is InChI=1S/C19H22O2/c1-15-7-8-18-13-21-14-19(18)10-17(9-15)12-20-11-16-5-3-2-4-6-16/h2-10,15,18H,11-14H2,1H3/b8-7-,17-9+,19-10-/t15-,18-/m1/s1. The highest BCUT2D eigenvalue weighted by atomic mass is 16.5. The van der Waals surface area contributed by atoms with Crippen LogP contribution in [0.25, 0.3) is 0 Å². The van der Waals surface area contributed by atoms with Crippen molar-refractivity contribution in [2.45, 2.75) is 13.5 Å². The van der Waals surface area contributed by atoms with Crippen molar-refractivity contribution in [1.82, 2.24) is 0 Å². The van der Waals surface area contributed by atoms with E-state index in [1.165, 1.54) is 16.7 Å². The van der Waals surface area contributed by atoms with Crippen LogP contribution >= 0.6 is 0 Å². The predicted molar refractivity (Wildman–Crippen MR) is 84.9 cm³/mol. The summed E-state index contributed by atoms with van der Waals surface area (Å²) in [5.74, 6) is 0.893. The van der Waals surface area contributed by atoms with Gasteiger partial charge < -0.3 is 9.47 Å². The molecule has 1 aromatic rings. The van der Waals surface area contributed by atoms with E-state index in [0.29, 0.717) is 25.0 Å². The van der Waals surface area contributed by atoms with E-state index in [1.54, 1.807) is 0 Å². The Morgan fingerprint density at radius 2 is 2.00 bits per heavy atom. The fourth-order valence-corrected chi connectivity index (χ4v) is 2.79. The number of rotatable bonds is 4. The Morgan fingerprint density at radius 1 is 1.14 bits per heavy atom. The van der Waals surface area contributed by atoms with Crippen LogP contribution in [0.15, 0.2) is 65.8 Å².